The molecule has 4 N–H and O–H groups in total. The van der Waals surface area contributed by atoms with Crippen LogP contribution in [-0.4, -0.2) is 89.3 Å². The highest BCUT2D eigenvalue weighted by molar-refractivity contribution is 5.91. The lowest BCUT2D eigenvalue weighted by atomic mass is 9.91. The SMILES string of the molecule is O=C(COCCOCCOCCO)N[C@@H]1CCC[C@H](Nc2nc(-c3c[nH]c4ncc(F)cc34)ncc2F)C1. The van der Waals surface area contributed by atoms with Crippen molar-refractivity contribution in [1.29, 1.82) is 0 Å². The summed E-state index contributed by atoms with van der Waals surface area (Å²) in [4.78, 5) is 27.7. The number of carbonyl (C=O) groups excluding carboxylic acids is 1. The van der Waals surface area contributed by atoms with Gasteiger partial charge in [0.2, 0.25) is 5.91 Å². The molecule has 206 valence electrons. The largest absolute Gasteiger partial charge is 0.394 e. The molecule has 1 amide bonds. The molecule has 3 aromatic heterocycles. The molecule has 13 heteroatoms. The monoisotopic (exact) mass is 534 g/mol. The third-order valence-corrected chi connectivity index (χ3v) is 6.08. The number of ether oxygens (including phenoxy) is 3. The van der Waals surface area contributed by atoms with Gasteiger partial charge >= 0.3 is 0 Å². The lowest BCUT2D eigenvalue weighted by molar-refractivity contribution is -0.127. The summed E-state index contributed by atoms with van der Waals surface area (Å²) in [6, 6.07) is 1.15. The molecule has 1 aliphatic rings. The summed E-state index contributed by atoms with van der Waals surface area (Å²) >= 11 is 0. The third kappa shape index (κ3) is 7.87. The quantitative estimate of drug-likeness (QED) is 0.229. The molecule has 1 fully saturated rings. The first-order chi connectivity index (χ1) is 18.5. The van der Waals surface area contributed by atoms with E-state index in [1.165, 1.54) is 6.07 Å². The lowest BCUT2D eigenvalue weighted by Gasteiger charge is -2.30. The molecule has 0 radical (unpaired) electrons. The number of hydrogen-bond donors (Lipinski definition) is 4. The van der Waals surface area contributed by atoms with E-state index in [9.17, 15) is 13.6 Å². The molecule has 1 aliphatic carbocycles. The molecule has 3 aromatic rings. The van der Waals surface area contributed by atoms with Crippen LogP contribution in [0.1, 0.15) is 25.7 Å². The van der Waals surface area contributed by atoms with Crippen molar-refractivity contribution in [2.24, 2.45) is 0 Å². The Kier molecular flexibility index (Phi) is 10.3. The average Bonchev–Trinajstić information content (AvgIpc) is 3.32. The highest BCUT2D eigenvalue weighted by Gasteiger charge is 2.25. The van der Waals surface area contributed by atoms with Crippen LogP contribution in [0.25, 0.3) is 22.4 Å². The zero-order valence-electron chi connectivity index (χ0n) is 20.9. The van der Waals surface area contributed by atoms with Crippen LogP contribution in [0.3, 0.4) is 0 Å². The van der Waals surface area contributed by atoms with Crippen molar-refractivity contribution < 1.29 is 32.9 Å². The van der Waals surface area contributed by atoms with E-state index in [1.54, 1.807) is 6.20 Å². The Morgan fingerprint density at radius 2 is 1.82 bits per heavy atom. The first kappa shape index (κ1) is 27.8. The fourth-order valence-corrected chi connectivity index (χ4v) is 4.34. The van der Waals surface area contributed by atoms with Crippen LogP contribution in [0.5, 0.6) is 0 Å². The first-order valence-corrected chi connectivity index (χ1v) is 12.6. The number of halogens is 2. The van der Waals surface area contributed by atoms with Gasteiger partial charge in [-0.2, -0.15) is 0 Å². The molecule has 4 rings (SSSR count). The molecule has 0 aromatic carbocycles. The Labute approximate surface area is 218 Å². The molecule has 3 heterocycles. The molecular formula is C25H32F2N6O5. The fraction of sp³-hybridized carbons (Fsp3) is 0.520. The molecule has 1 saturated carbocycles. The lowest BCUT2D eigenvalue weighted by Crippen LogP contribution is -2.43. The number of carbonyl (C=O) groups is 1. The molecule has 0 saturated heterocycles. The smallest absolute Gasteiger partial charge is 0.246 e. The summed E-state index contributed by atoms with van der Waals surface area (Å²) in [6.45, 7) is 1.55. The second-order valence-corrected chi connectivity index (χ2v) is 8.92. The molecular weight excluding hydrogens is 502 g/mol. The minimum atomic E-state index is -0.598. The molecule has 11 nitrogen and oxygen atoms in total. The molecule has 0 bridgehead atoms. The van der Waals surface area contributed by atoms with E-state index in [4.69, 9.17) is 19.3 Å². The van der Waals surface area contributed by atoms with Gasteiger partial charge in [-0.1, -0.05) is 0 Å². The highest BCUT2D eigenvalue weighted by Crippen LogP contribution is 2.28. The number of aromatic nitrogens is 4. The summed E-state index contributed by atoms with van der Waals surface area (Å²) in [5.74, 6) is -1.02. The first-order valence-electron chi connectivity index (χ1n) is 12.6. The van der Waals surface area contributed by atoms with Crippen LogP contribution in [0, 0.1) is 11.6 Å². The number of amides is 1. The minimum absolute atomic E-state index is 0.0262. The third-order valence-electron chi connectivity index (χ3n) is 6.08. The number of aliphatic hydroxyl groups is 1. The Balaban J connectivity index is 1.24. The zero-order valence-corrected chi connectivity index (χ0v) is 20.9. The topological polar surface area (TPSA) is 144 Å². The van der Waals surface area contributed by atoms with E-state index >= 15 is 0 Å². The number of fused-ring (bicyclic) bond motifs is 1. The Hall–Kier alpha value is -3.26. The van der Waals surface area contributed by atoms with Gasteiger partial charge in [0.25, 0.3) is 0 Å². The Bertz CT molecular complexity index is 1200. The summed E-state index contributed by atoms with van der Waals surface area (Å²) in [5.41, 5.74) is 0.999. The number of nitrogens with zero attached hydrogens (tertiary/aromatic N) is 3. The minimum Gasteiger partial charge on any atom is -0.394 e. The van der Waals surface area contributed by atoms with Crippen LogP contribution in [0.2, 0.25) is 0 Å². The maximum Gasteiger partial charge on any atom is 0.246 e. The van der Waals surface area contributed by atoms with Crippen molar-refractivity contribution in [1.82, 2.24) is 25.3 Å². The van der Waals surface area contributed by atoms with Crippen molar-refractivity contribution in [2.45, 2.75) is 37.8 Å². The van der Waals surface area contributed by atoms with Gasteiger partial charge in [-0.3, -0.25) is 4.79 Å². The number of aliphatic hydroxyl groups excluding tert-OH is 1. The predicted molar refractivity (Wildman–Crippen MR) is 134 cm³/mol. The number of rotatable bonds is 14. The van der Waals surface area contributed by atoms with Gasteiger partial charge in [0.05, 0.1) is 52.0 Å². The number of nitrogens with one attached hydrogen (secondary N) is 3. The van der Waals surface area contributed by atoms with Crippen molar-refractivity contribution in [3.05, 3.63) is 36.3 Å². The summed E-state index contributed by atoms with van der Waals surface area (Å²) < 4.78 is 44.0. The molecule has 0 spiro atoms. The predicted octanol–water partition coefficient (Wildman–Crippen LogP) is 2.18. The van der Waals surface area contributed by atoms with Crippen LogP contribution >= 0.6 is 0 Å². The number of H-pyrrole nitrogens is 1. The number of anilines is 1. The van der Waals surface area contributed by atoms with Crippen LogP contribution in [0.15, 0.2) is 24.7 Å². The van der Waals surface area contributed by atoms with Crippen molar-refractivity contribution in [3.63, 3.8) is 0 Å². The molecule has 0 unspecified atom stereocenters. The van der Waals surface area contributed by atoms with E-state index in [1.807, 2.05) is 0 Å². The van der Waals surface area contributed by atoms with Crippen LogP contribution < -0.4 is 10.6 Å². The van der Waals surface area contributed by atoms with E-state index in [0.717, 1.165) is 31.7 Å². The summed E-state index contributed by atoms with van der Waals surface area (Å²) in [6.07, 6.45) is 6.87. The van der Waals surface area contributed by atoms with Gasteiger partial charge in [0.1, 0.15) is 18.1 Å². The average molecular weight is 535 g/mol. The second-order valence-electron chi connectivity index (χ2n) is 8.92. The highest BCUT2D eigenvalue weighted by atomic mass is 19.1. The summed E-state index contributed by atoms with van der Waals surface area (Å²) in [7, 11) is 0. The van der Waals surface area contributed by atoms with Gasteiger partial charge in [-0.15, -0.1) is 0 Å². The van der Waals surface area contributed by atoms with Gasteiger partial charge in [-0.05, 0) is 31.7 Å². The molecule has 38 heavy (non-hydrogen) atoms. The maximum atomic E-state index is 14.6. The Morgan fingerprint density at radius 3 is 2.63 bits per heavy atom. The van der Waals surface area contributed by atoms with Gasteiger partial charge < -0.3 is 34.9 Å². The van der Waals surface area contributed by atoms with Gasteiger partial charge in [-0.25, -0.2) is 23.7 Å². The van der Waals surface area contributed by atoms with Gasteiger partial charge in [0, 0.05) is 29.2 Å². The number of pyridine rings is 1. The fourth-order valence-electron chi connectivity index (χ4n) is 4.34. The van der Waals surface area contributed by atoms with E-state index < -0.39 is 11.6 Å². The number of hydrogen-bond acceptors (Lipinski definition) is 9. The van der Waals surface area contributed by atoms with E-state index in [0.29, 0.717) is 42.8 Å². The van der Waals surface area contributed by atoms with E-state index in [-0.39, 0.29) is 56.1 Å². The standard InChI is InChI=1S/C25H32F2N6O5/c26-16-10-19-20(13-29-23(19)28-12-16)24-30-14-21(27)25(33-24)32-18-3-1-2-17(11-18)31-22(35)15-38-9-8-37-7-6-36-5-4-34/h10,12-14,17-18,34H,1-9,11,15H2,(H,28,29)(H,31,35)(H,30,32,33)/t17-,18+/m1/s1. The van der Waals surface area contributed by atoms with Crippen molar-refractivity contribution >= 4 is 22.8 Å². The van der Waals surface area contributed by atoms with Crippen LogP contribution in [0.4, 0.5) is 14.6 Å². The second kappa shape index (κ2) is 14.0. The van der Waals surface area contributed by atoms with Crippen molar-refractivity contribution in [3.8, 4) is 11.4 Å². The normalized spacial score (nSPS) is 17.6. The molecule has 2 atom stereocenters. The van der Waals surface area contributed by atoms with Gasteiger partial charge in [0.15, 0.2) is 17.5 Å². The maximum absolute atomic E-state index is 14.6. The van der Waals surface area contributed by atoms with Crippen molar-refractivity contribution in [2.75, 3.05) is 51.6 Å². The zero-order chi connectivity index (χ0) is 26.7. The van der Waals surface area contributed by atoms with Crippen LogP contribution in [-0.2, 0) is 19.0 Å². The molecule has 0 aliphatic heterocycles. The number of aromatic amines is 1. The Morgan fingerprint density at radius 1 is 1.05 bits per heavy atom. The summed E-state index contributed by atoms with van der Waals surface area (Å²) in [5, 5.41) is 15.2. The van der Waals surface area contributed by atoms with E-state index in [2.05, 4.69) is 30.6 Å².